The third-order valence-electron chi connectivity index (χ3n) is 5.66. The van der Waals surface area contributed by atoms with Crippen LogP contribution in [0.2, 0.25) is 0 Å². The lowest BCUT2D eigenvalue weighted by Crippen LogP contribution is -2.13. The van der Waals surface area contributed by atoms with Crippen LogP contribution in [0.15, 0.2) is 71.6 Å². The van der Waals surface area contributed by atoms with Gasteiger partial charge in [-0.2, -0.15) is 0 Å². The number of anilines is 1. The molecular formula is C26H26N2O5S. The average Bonchev–Trinajstić information content (AvgIpc) is 3.10. The predicted molar refractivity (Wildman–Crippen MR) is 133 cm³/mol. The summed E-state index contributed by atoms with van der Waals surface area (Å²) in [5.74, 6) is 0.259. The van der Waals surface area contributed by atoms with E-state index in [1.54, 1.807) is 38.3 Å². The molecule has 4 rings (SSSR count). The number of nitrogens with zero attached hydrogens (tertiary/aromatic N) is 1. The van der Waals surface area contributed by atoms with E-state index >= 15 is 0 Å². The zero-order valence-electron chi connectivity index (χ0n) is 19.5. The highest BCUT2D eigenvalue weighted by atomic mass is 32.2. The first-order valence-corrected chi connectivity index (χ1v) is 12.3. The fraction of sp³-hybridized carbons (Fsp3) is 0.192. The first kappa shape index (κ1) is 23.4. The maximum absolute atomic E-state index is 12.9. The highest BCUT2D eigenvalue weighted by molar-refractivity contribution is 7.92. The average molecular weight is 479 g/mol. The van der Waals surface area contributed by atoms with Crippen LogP contribution < -0.4 is 9.46 Å². The molecule has 7 nitrogen and oxygen atoms in total. The van der Waals surface area contributed by atoms with Crippen LogP contribution in [0.3, 0.4) is 0 Å². The number of sulfonamides is 1. The second-order valence-corrected chi connectivity index (χ2v) is 9.50. The number of carbonyl (C=O) groups excluding carboxylic acids is 1. The maximum Gasteiger partial charge on any atom is 0.340 e. The van der Waals surface area contributed by atoms with Crippen LogP contribution in [-0.4, -0.2) is 32.7 Å². The molecule has 0 aliphatic heterocycles. The van der Waals surface area contributed by atoms with E-state index in [4.69, 9.17) is 9.47 Å². The van der Waals surface area contributed by atoms with Crippen molar-refractivity contribution in [3.05, 3.63) is 83.6 Å². The van der Waals surface area contributed by atoms with Crippen molar-refractivity contribution in [1.82, 2.24) is 4.57 Å². The van der Waals surface area contributed by atoms with Gasteiger partial charge in [0.05, 0.1) is 35.4 Å². The van der Waals surface area contributed by atoms with Crippen LogP contribution in [0.5, 0.6) is 5.75 Å². The van der Waals surface area contributed by atoms with Gasteiger partial charge in [0.15, 0.2) is 0 Å². The zero-order chi connectivity index (χ0) is 24.5. The monoisotopic (exact) mass is 478 g/mol. The van der Waals surface area contributed by atoms with E-state index in [0.717, 1.165) is 22.5 Å². The molecule has 1 N–H and O–H groups in total. The molecule has 0 saturated heterocycles. The number of nitrogens with one attached hydrogen (secondary N) is 1. The van der Waals surface area contributed by atoms with E-state index in [-0.39, 0.29) is 11.5 Å². The molecule has 0 aliphatic rings. The Labute approximate surface area is 199 Å². The summed E-state index contributed by atoms with van der Waals surface area (Å²) in [4.78, 5) is 13.1. The van der Waals surface area contributed by atoms with Crippen molar-refractivity contribution in [3.63, 3.8) is 0 Å². The number of rotatable bonds is 7. The summed E-state index contributed by atoms with van der Waals surface area (Å²) in [5.41, 5.74) is 3.82. The molecule has 4 aromatic rings. The number of carbonyl (C=O) groups is 1. The quantitative estimate of drug-likeness (QED) is 0.368. The Morgan fingerprint density at radius 3 is 2.29 bits per heavy atom. The summed E-state index contributed by atoms with van der Waals surface area (Å²) in [6, 6.07) is 19.2. The predicted octanol–water partition coefficient (Wildman–Crippen LogP) is 5.23. The number of aryl methyl sites for hydroxylation is 1. The van der Waals surface area contributed by atoms with E-state index in [1.165, 1.54) is 12.1 Å². The van der Waals surface area contributed by atoms with Crippen LogP contribution in [0.4, 0.5) is 5.69 Å². The molecule has 0 aliphatic carbocycles. The summed E-state index contributed by atoms with van der Waals surface area (Å²) in [7, 11) is -2.20. The highest BCUT2D eigenvalue weighted by Gasteiger charge is 2.24. The Morgan fingerprint density at radius 2 is 1.68 bits per heavy atom. The number of ether oxygens (including phenoxy) is 2. The van der Waals surface area contributed by atoms with Crippen LogP contribution in [0, 0.1) is 13.8 Å². The lowest BCUT2D eigenvalue weighted by atomic mass is 10.1. The summed E-state index contributed by atoms with van der Waals surface area (Å²) in [6.07, 6.45) is 0. The van der Waals surface area contributed by atoms with Crippen LogP contribution in [-0.2, 0) is 14.8 Å². The molecular weight excluding hydrogens is 452 g/mol. The van der Waals surface area contributed by atoms with Crippen molar-refractivity contribution >= 4 is 32.6 Å². The molecule has 1 aromatic heterocycles. The largest absolute Gasteiger partial charge is 0.497 e. The van der Waals surface area contributed by atoms with Crippen molar-refractivity contribution in [2.45, 2.75) is 25.7 Å². The van der Waals surface area contributed by atoms with E-state index in [9.17, 15) is 13.2 Å². The molecule has 34 heavy (non-hydrogen) atoms. The van der Waals surface area contributed by atoms with Crippen LogP contribution >= 0.6 is 0 Å². The number of esters is 1. The second kappa shape index (κ2) is 9.23. The lowest BCUT2D eigenvalue weighted by molar-refractivity contribution is 0.0527. The van der Waals surface area contributed by atoms with Crippen molar-refractivity contribution < 1.29 is 22.7 Å². The third-order valence-corrected chi connectivity index (χ3v) is 7.04. The van der Waals surface area contributed by atoms with Gasteiger partial charge in [0.2, 0.25) is 0 Å². The van der Waals surface area contributed by atoms with Gasteiger partial charge in [-0.1, -0.05) is 18.2 Å². The molecule has 0 fully saturated rings. The fourth-order valence-corrected chi connectivity index (χ4v) is 5.15. The van der Waals surface area contributed by atoms with Crippen molar-refractivity contribution in [1.29, 1.82) is 0 Å². The maximum atomic E-state index is 12.9. The van der Waals surface area contributed by atoms with Crippen LogP contribution in [0.1, 0.15) is 28.5 Å². The minimum atomic E-state index is -3.80. The van der Waals surface area contributed by atoms with Crippen LogP contribution in [0.25, 0.3) is 16.6 Å². The number of aromatic nitrogens is 1. The Kier molecular flexibility index (Phi) is 6.34. The van der Waals surface area contributed by atoms with Gasteiger partial charge in [-0.05, 0) is 74.9 Å². The van der Waals surface area contributed by atoms with Crippen molar-refractivity contribution in [3.8, 4) is 11.4 Å². The molecule has 0 bridgehead atoms. The molecule has 0 spiro atoms. The van der Waals surface area contributed by atoms with E-state index < -0.39 is 16.0 Å². The van der Waals surface area contributed by atoms with Gasteiger partial charge in [-0.3, -0.25) is 4.72 Å². The molecule has 0 saturated carbocycles. The smallest absolute Gasteiger partial charge is 0.340 e. The van der Waals surface area contributed by atoms with Gasteiger partial charge in [-0.15, -0.1) is 0 Å². The fourth-order valence-electron chi connectivity index (χ4n) is 4.00. The number of benzene rings is 3. The Bertz CT molecular complexity index is 1460. The second-order valence-electron chi connectivity index (χ2n) is 7.82. The highest BCUT2D eigenvalue weighted by Crippen LogP contribution is 2.35. The normalized spacial score (nSPS) is 11.4. The van der Waals surface area contributed by atoms with Gasteiger partial charge in [0, 0.05) is 16.8 Å². The number of hydrogen-bond acceptors (Lipinski definition) is 5. The van der Waals surface area contributed by atoms with E-state index in [1.807, 2.05) is 48.7 Å². The van der Waals surface area contributed by atoms with Gasteiger partial charge in [0.25, 0.3) is 10.0 Å². The van der Waals surface area contributed by atoms with E-state index in [0.29, 0.717) is 22.3 Å². The van der Waals surface area contributed by atoms with Crippen molar-refractivity contribution in [2.75, 3.05) is 18.4 Å². The van der Waals surface area contributed by atoms with Crippen molar-refractivity contribution in [2.24, 2.45) is 0 Å². The summed E-state index contributed by atoms with van der Waals surface area (Å²) in [5, 5.41) is 0.600. The molecule has 176 valence electrons. The molecule has 3 aromatic carbocycles. The standard InChI is InChI=1S/C26H26N2O5S/c1-5-33-26(29)25-18(3)28(19-11-13-20(32-4)14-12-19)24-15-17(2)23(16-22(24)25)27-34(30,31)21-9-7-6-8-10-21/h6-16,27H,5H2,1-4H3. The molecule has 1 heterocycles. The summed E-state index contributed by atoms with van der Waals surface area (Å²) >= 11 is 0. The van der Waals surface area contributed by atoms with Gasteiger partial charge in [-0.25, -0.2) is 13.2 Å². The molecule has 0 atom stereocenters. The molecule has 0 radical (unpaired) electrons. The van der Waals surface area contributed by atoms with Gasteiger partial charge >= 0.3 is 5.97 Å². The number of fused-ring (bicyclic) bond motifs is 1. The topological polar surface area (TPSA) is 86.6 Å². The Balaban J connectivity index is 1.91. The summed E-state index contributed by atoms with van der Waals surface area (Å²) < 4.78 is 41.1. The third kappa shape index (κ3) is 4.24. The lowest BCUT2D eigenvalue weighted by Gasteiger charge is -2.13. The van der Waals surface area contributed by atoms with Gasteiger partial charge < -0.3 is 14.0 Å². The van der Waals surface area contributed by atoms with E-state index in [2.05, 4.69) is 4.72 Å². The molecule has 0 unspecified atom stereocenters. The number of hydrogen-bond donors (Lipinski definition) is 1. The first-order chi connectivity index (χ1) is 16.3. The molecule has 8 heteroatoms. The summed E-state index contributed by atoms with van der Waals surface area (Å²) in [6.45, 7) is 5.65. The minimum absolute atomic E-state index is 0.159. The Morgan fingerprint density at radius 1 is 1.00 bits per heavy atom. The van der Waals surface area contributed by atoms with Gasteiger partial charge in [0.1, 0.15) is 5.75 Å². The zero-order valence-corrected chi connectivity index (χ0v) is 20.3. The Hall–Kier alpha value is -3.78. The number of methoxy groups -OCH3 is 1. The minimum Gasteiger partial charge on any atom is -0.497 e. The SMILES string of the molecule is CCOC(=O)c1c(C)n(-c2ccc(OC)cc2)c2cc(C)c(NS(=O)(=O)c3ccccc3)cc12. The molecule has 0 amide bonds. The first-order valence-electron chi connectivity index (χ1n) is 10.8.